The molecule has 0 radical (unpaired) electrons. The van der Waals surface area contributed by atoms with Gasteiger partial charge in [-0.15, -0.1) is 0 Å². The Balaban J connectivity index is 1.41. The summed E-state index contributed by atoms with van der Waals surface area (Å²) in [5.74, 6) is 0.853. The molecule has 0 aromatic carbocycles. The number of nitrogens with zero attached hydrogens (tertiary/aromatic N) is 5. The molecule has 0 amide bonds. The summed E-state index contributed by atoms with van der Waals surface area (Å²) in [5.41, 5.74) is 9.24. The van der Waals surface area contributed by atoms with Crippen LogP contribution in [0.25, 0.3) is 45.1 Å². The number of hydrogen-bond acceptors (Lipinski definition) is 6. The maximum atomic E-state index is 4.91. The first-order valence-electron chi connectivity index (χ1n) is 10.8. The molecule has 3 N–H and O–H groups in total. The normalized spacial score (nSPS) is 13.8. The predicted octanol–water partition coefficient (Wildman–Crippen LogP) is 3.47. The highest BCUT2D eigenvalue weighted by molar-refractivity contribution is 5.84. The molecule has 6 rings (SSSR count). The largest absolute Gasteiger partial charge is 0.342 e. The van der Waals surface area contributed by atoms with Gasteiger partial charge < -0.3 is 10.3 Å². The lowest BCUT2D eigenvalue weighted by Crippen LogP contribution is -2.16. The van der Waals surface area contributed by atoms with Crippen molar-refractivity contribution in [3.8, 4) is 34.0 Å². The standard InChI is InChI=1S/C24H22N8/c1-14-3-2-4-21(28-14)23-16(13-27-32-23)17-5-6-18-22(29-17)11-15(12-26-18)24-30-19-7-9-25-10-8-20(19)31-24/h2-6,11-13,25H,7-10H2,1H3,(H,27,32)(H,30,31). The van der Waals surface area contributed by atoms with Gasteiger partial charge in [0.25, 0.3) is 0 Å². The molecule has 1 aliphatic rings. The molecule has 6 heterocycles. The van der Waals surface area contributed by atoms with Gasteiger partial charge in [-0.3, -0.25) is 15.1 Å². The molecule has 32 heavy (non-hydrogen) atoms. The van der Waals surface area contributed by atoms with Gasteiger partial charge in [0.2, 0.25) is 0 Å². The van der Waals surface area contributed by atoms with Crippen molar-refractivity contribution in [1.29, 1.82) is 0 Å². The van der Waals surface area contributed by atoms with E-state index < -0.39 is 0 Å². The first kappa shape index (κ1) is 18.8. The van der Waals surface area contributed by atoms with E-state index in [9.17, 15) is 0 Å². The van der Waals surface area contributed by atoms with Gasteiger partial charge in [-0.1, -0.05) is 6.07 Å². The minimum Gasteiger partial charge on any atom is -0.342 e. The number of nitrogens with one attached hydrogen (secondary N) is 3. The van der Waals surface area contributed by atoms with Crippen LogP contribution in [-0.4, -0.2) is 48.2 Å². The summed E-state index contributed by atoms with van der Waals surface area (Å²) in [6.45, 7) is 3.90. The zero-order valence-corrected chi connectivity index (χ0v) is 17.7. The molecule has 8 heteroatoms. The van der Waals surface area contributed by atoms with Gasteiger partial charge in [-0.05, 0) is 37.3 Å². The highest BCUT2D eigenvalue weighted by Gasteiger charge is 2.16. The van der Waals surface area contributed by atoms with E-state index >= 15 is 0 Å². The number of fused-ring (bicyclic) bond motifs is 2. The van der Waals surface area contributed by atoms with Crippen molar-refractivity contribution < 1.29 is 0 Å². The zero-order valence-electron chi connectivity index (χ0n) is 17.7. The Hall–Kier alpha value is -3.91. The lowest BCUT2D eigenvalue weighted by atomic mass is 10.1. The third-order valence-corrected chi connectivity index (χ3v) is 5.81. The molecule has 1 aliphatic heterocycles. The number of aromatic nitrogens is 7. The summed E-state index contributed by atoms with van der Waals surface area (Å²) in [6.07, 6.45) is 5.62. The van der Waals surface area contributed by atoms with Crippen LogP contribution in [0.1, 0.15) is 17.1 Å². The molecule has 0 unspecified atom stereocenters. The van der Waals surface area contributed by atoms with Gasteiger partial charge in [-0.25, -0.2) is 9.97 Å². The van der Waals surface area contributed by atoms with Gasteiger partial charge in [0.1, 0.15) is 11.5 Å². The van der Waals surface area contributed by atoms with E-state index in [0.29, 0.717) is 0 Å². The summed E-state index contributed by atoms with van der Waals surface area (Å²) in [5, 5.41) is 10.8. The van der Waals surface area contributed by atoms with E-state index in [2.05, 4.69) is 30.5 Å². The molecule has 8 nitrogen and oxygen atoms in total. The van der Waals surface area contributed by atoms with Crippen LogP contribution < -0.4 is 5.32 Å². The van der Waals surface area contributed by atoms with E-state index in [1.54, 1.807) is 0 Å². The SMILES string of the molecule is Cc1cccc(-c2n[nH]cc2-c2ccc3ncc(-c4nc5c([nH]4)CCNCC5)cc3n2)n1. The average Bonchev–Trinajstić information content (AvgIpc) is 3.41. The molecule has 0 spiro atoms. The Kier molecular flexibility index (Phi) is 4.50. The summed E-state index contributed by atoms with van der Waals surface area (Å²) in [6, 6.07) is 11.9. The Morgan fingerprint density at radius 2 is 1.84 bits per heavy atom. The third-order valence-electron chi connectivity index (χ3n) is 5.81. The maximum absolute atomic E-state index is 4.91. The van der Waals surface area contributed by atoms with Crippen LogP contribution in [0.15, 0.2) is 48.8 Å². The second-order valence-electron chi connectivity index (χ2n) is 8.03. The summed E-state index contributed by atoms with van der Waals surface area (Å²) in [7, 11) is 0. The number of H-pyrrole nitrogens is 2. The van der Waals surface area contributed by atoms with Crippen LogP contribution in [0.5, 0.6) is 0 Å². The molecule has 158 valence electrons. The highest BCUT2D eigenvalue weighted by atomic mass is 15.1. The minimum absolute atomic E-state index is 0.785. The van der Waals surface area contributed by atoms with Crippen molar-refractivity contribution in [1.82, 2.24) is 40.4 Å². The number of aryl methyl sites for hydroxylation is 1. The van der Waals surface area contributed by atoms with Gasteiger partial charge >= 0.3 is 0 Å². The monoisotopic (exact) mass is 422 g/mol. The van der Waals surface area contributed by atoms with E-state index in [1.165, 1.54) is 5.69 Å². The van der Waals surface area contributed by atoms with E-state index in [-0.39, 0.29) is 0 Å². The van der Waals surface area contributed by atoms with Gasteiger partial charge in [0.05, 0.1) is 28.1 Å². The second kappa shape index (κ2) is 7.65. The van der Waals surface area contributed by atoms with Crippen LogP contribution in [0.4, 0.5) is 0 Å². The molecule has 0 fully saturated rings. The number of hydrogen-bond donors (Lipinski definition) is 3. The van der Waals surface area contributed by atoms with Gasteiger partial charge in [0, 0.05) is 60.8 Å². The second-order valence-corrected chi connectivity index (χ2v) is 8.03. The first-order chi connectivity index (χ1) is 15.7. The summed E-state index contributed by atoms with van der Waals surface area (Å²) in [4.78, 5) is 22.5. The van der Waals surface area contributed by atoms with Crippen molar-refractivity contribution in [2.24, 2.45) is 0 Å². The van der Waals surface area contributed by atoms with Crippen molar-refractivity contribution in [2.45, 2.75) is 19.8 Å². The third kappa shape index (κ3) is 3.34. The lowest BCUT2D eigenvalue weighted by molar-refractivity contribution is 0.704. The smallest absolute Gasteiger partial charge is 0.139 e. The number of rotatable bonds is 3. The molecule has 0 aliphatic carbocycles. The fourth-order valence-electron chi connectivity index (χ4n) is 4.18. The number of aromatic amines is 2. The molecule has 0 bridgehead atoms. The molecule has 0 saturated heterocycles. The van der Waals surface area contributed by atoms with Crippen LogP contribution in [0, 0.1) is 6.92 Å². The molecule has 0 atom stereocenters. The Bertz CT molecular complexity index is 1410. The van der Waals surface area contributed by atoms with Crippen LogP contribution in [-0.2, 0) is 12.8 Å². The Labute approximate surface area is 184 Å². The van der Waals surface area contributed by atoms with Crippen molar-refractivity contribution in [3.63, 3.8) is 0 Å². The molecule has 5 aromatic heterocycles. The minimum atomic E-state index is 0.785. The molecular weight excluding hydrogens is 400 g/mol. The average molecular weight is 422 g/mol. The topological polar surface area (TPSA) is 108 Å². The van der Waals surface area contributed by atoms with Crippen LogP contribution in [0.2, 0.25) is 0 Å². The van der Waals surface area contributed by atoms with E-state index in [1.807, 2.05) is 55.7 Å². The van der Waals surface area contributed by atoms with Crippen molar-refractivity contribution in [2.75, 3.05) is 13.1 Å². The number of imidazole rings is 1. The molecule has 5 aromatic rings. The highest BCUT2D eigenvalue weighted by Crippen LogP contribution is 2.30. The van der Waals surface area contributed by atoms with Crippen LogP contribution >= 0.6 is 0 Å². The predicted molar refractivity (Wildman–Crippen MR) is 123 cm³/mol. The Morgan fingerprint density at radius 3 is 2.78 bits per heavy atom. The van der Waals surface area contributed by atoms with Crippen molar-refractivity contribution >= 4 is 11.0 Å². The fraction of sp³-hybridized carbons (Fsp3) is 0.208. The van der Waals surface area contributed by atoms with E-state index in [0.717, 1.165) is 82.4 Å². The molecular formula is C24H22N8. The van der Waals surface area contributed by atoms with Gasteiger partial charge in [0.15, 0.2) is 0 Å². The van der Waals surface area contributed by atoms with Gasteiger partial charge in [-0.2, -0.15) is 5.10 Å². The summed E-state index contributed by atoms with van der Waals surface area (Å²) < 4.78 is 0. The Morgan fingerprint density at radius 1 is 0.906 bits per heavy atom. The number of pyridine rings is 3. The summed E-state index contributed by atoms with van der Waals surface area (Å²) >= 11 is 0. The van der Waals surface area contributed by atoms with Crippen LogP contribution in [0.3, 0.4) is 0 Å². The van der Waals surface area contributed by atoms with Crippen molar-refractivity contribution in [3.05, 3.63) is 65.9 Å². The maximum Gasteiger partial charge on any atom is 0.139 e. The quantitative estimate of drug-likeness (QED) is 0.411. The fourth-order valence-corrected chi connectivity index (χ4v) is 4.18. The van der Waals surface area contributed by atoms with E-state index in [4.69, 9.17) is 9.97 Å². The lowest BCUT2D eigenvalue weighted by Gasteiger charge is -2.05. The zero-order chi connectivity index (χ0) is 21.5. The molecule has 0 saturated carbocycles. The first-order valence-corrected chi connectivity index (χ1v) is 10.8.